The second-order valence-corrected chi connectivity index (χ2v) is 9.44. The molecule has 3 aromatic carbocycles. The Morgan fingerprint density at radius 2 is 1.61 bits per heavy atom. The molecule has 0 saturated heterocycles. The van der Waals surface area contributed by atoms with Crippen molar-refractivity contribution in [3.63, 3.8) is 0 Å². The summed E-state index contributed by atoms with van der Waals surface area (Å²) in [5.41, 5.74) is 6.00. The lowest BCUT2D eigenvalue weighted by molar-refractivity contribution is -0.147. The van der Waals surface area contributed by atoms with Gasteiger partial charge in [-0.15, -0.1) is 0 Å². The fourth-order valence-electron chi connectivity index (χ4n) is 4.34. The minimum Gasteiger partial charge on any atom is -0.466 e. The minimum absolute atomic E-state index is 0.0302. The molecule has 0 aliphatic heterocycles. The quantitative estimate of drug-likeness (QED) is 0.208. The van der Waals surface area contributed by atoms with Crippen molar-refractivity contribution < 1.29 is 23.6 Å². The van der Waals surface area contributed by atoms with Crippen LogP contribution in [0, 0.1) is 6.92 Å². The molecule has 1 atom stereocenters. The number of halogens is 1. The smallest absolute Gasteiger partial charge is 0.311 e. The van der Waals surface area contributed by atoms with E-state index < -0.39 is 6.10 Å². The van der Waals surface area contributed by atoms with E-state index in [0.29, 0.717) is 35.1 Å². The van der Waals surface area contributed by atoms with Gasteiger partial charge in [-0.2, -0.15) is 0 Å². The first-order chi connectivity index (χ1) is 18.4. The van der Waals surface area contributed by atoms with Gasteiger partial charge in [0.15, 0.2) is 5.76 Å². The van der Waals surface area contributed by atoms with E-state index in [1.165, 1.54) is 0 Å². The van der Waals surface area contributed by atoms with Crippen LogP contribution in [0.25, 0.3) is 11.3 Å². The van der Waals surface area contributed by atoms with Gasteiger partial charge in [-0.25, -0.2) is 0 Å². The average Bonchev–Trinajstić information content (AvgIpc) is 3.25. The highest BCUT2D eigenvalue weighted by molar-refractivity contribution is 6.31. The molecule has 0 fully saturated rings. The molecule has 0 saturated carbocycles. The van der Waals surface area contributed by atoms with Gasteiger partial charge < -0.3 is 14.0 Å². The molecule has 4 rings (SSSR count). The van der Waals surface area contributed by atoms with Gasteiger partial charge in [0.25, 0.3) is 0 Å². The van der Waals surface area contributed by atoms with Gasteiger partial charge in [0.1, 0.15) is 6.10 Å². The van der Waals surface area contributed by atoms with E-state index in [-0.39, 0.29) is 24.8 Å². The second kappa shape index (κ2) is 12.6. The SMILES string of the molecule is CCOC(=O)Cc1ccccc1Cc1ccc(-c2onc(C)c2CC(=O)OC(C)c2ccccc2Cl)cc1. The zero-order valence-corrected chi connectivity index (χ0v) is 22.5. The number of hydrogen-bond donors (Lipinski definition) is 0. The van der Waals surface area contributed by atoms with Gasteiger partial charge in [0.2, 0.25) is 0 Å². The second-order valence-electron chi connectivity index (χ2n) is 9.03. The summed E-state index contributed by atoms with van der Waals surface area (Å²) < 4.78 is 16.4. The summed E-state index contributed by atoms with van der Waals surface area (Å²) >= 11 is 6.25. The van der Waals surface area contributed by atoms with Gasteiger partial charge in [-0.3, -0.25) is 9.59 Å². The van der Waals surface area contributed by atoms with E-state index in [2.05, 4.69) is 5.16 Å². The zero-order chi connectivity index (χ0) is 27.1. The fraction of sp³-hybridized carbons (Fsp3) is 0.258. The number of nitrogens with zero attached hydrogens (tertiary/aromatic N) is 1. The molecular weight excluding hydrogens is 502 g/mol. The summed E-state index contributed by atoms with van der Waals surface area (Å²) in [6.07, 6.45) is 0.465. The van der Waals surface area contributed by atoms with Crippen molar-refractivity contribution in [2.45, 2.75) is 46.1 Å². The van der Waals surface area contributed by atoms with E-state index in [0.717, 1.165) is 27.8 Å². The van der Waals surface area contributed by atoms with Crippen molar-refractivity contribution in [3.05, 3.63) is 111 Å². The van der Waals surface area contributed by atoms with E-state index in [9.17, 15) is 9.59 Å². The number of esters is 2. The third kappa shape index (κ3) is 6.69. The molecule has 0 amide bonds. The summed E-state index contributed by atoms with van der Waals surface area (Å²) in [6, 6.07) is 23.1. The lowest BCUT2D eigenvalue weighted by Gasteiger charge is -2.15. The molecule has 0 bridgehead atoms. The Morgan fingerprint density at radius 1 is 0.921 bits per heavy atom. The maximum Gasteiger partial charge on any atom is 0.311 e. The van der Waals surface area contributed by atoms with Gasteiger partial charge in [-0.1, -0.05) is 83.5 Å². The first kappa shape index (κ1) is 27.1. The van der Waals surface area contributed by atoms with E-state index >= 15 is 0 Å². The summed E-state index contributed by atoms with van der Waals surface area (Å²) in [5, 5.41) is 4.65. The summed E-state index contributed by atoms with van der Waals surface area (Å²) in [6.45, 7) is 5.77. The summed E-state index contributed by atoms with van der Waals surface area (Å²) in [7, 11) is 0. The monoisotopic (exact) mass is 531 g/mol. The first-order valence-corrected chi connectivity index (χ1v) is 12.9. The molecule has 6 nitrogen and oxygen atoms in total. The Labute approximate surface area is 227 Å². The van der Waals surface area contributed by atoms with Crippen molar-refractivity contribution in [1.82, 2.24) is 5.16 Å². The maximum atomic E-state index is 12.8. The third-order valence-corrected chi connectivity index (χ3v) is 6.67. The zero-order valence-electron chi connectivity index (χ0n) is 21.7. The Hall–Kier alpha value is -3.90. The van der Waals surface area contributed by atoms with Crippen molar-refractivity contribution in [1.29, 1.82) is 0 Å². The van der Waals surface area contributed by atoms with Crippen molar-refractivity contribution in [3.8, 4) is 11.3 Å². The molecule has 1 unspecified atom stereocenters. The number of carbonyl (C=O) groups is 2. The van der Waals surface area contributed by atoms with Gasteiger partial charge in [0.05, 0.1) is 25.1 Å². The molecule has 0 aliphatic rings. The molecule has 38 heavy (non-hydrogen) atoms. The molecule has 4 aromatic rings. The predicted octanol–water partition coefficient (Wildman–Crippen LogP) is 6.85. The number of benzene rings is 3. The average molecular weight is 532 g/mol. The first-order valence-electron chi connectivity index (χ1n) is 12.6. The Kier molecular flexibility index (Phi) is 8.98. The van der Waals surface area contributed by atoms with Crippen LogP contribution in [0.3, 0.4) is 0 Å². The van der Waals surface area contributed by atoms with Crippen molar-refractivity contribution >= 4 is 23.5 Å². The normalized spacial score (nSPS) is 11.7. The van der Waals surface area contributed by atoms with Gasteiger partial charge in [0, 0.05) is 21.7 Å². The number of rotatable bonds is 10. The third-order valence-electron chi connectivity index (χ3n) is 6.33. The van der Waals surface area contributed by atoms with Crippen molar-refractivity contribution in [2.75, 3.05) is 6.61 Å². The highest BCUT2D eigenvalue weighted by Gasteiger charge is 2.21. The molecular formula is C31H30ClNO5. The number of aryl methyl sites for hydroxylation is 1. The summed E-state index contributed by atoms with van der Waals surface area (Å²) in [5.74, 6) is -0.0813. The number of aromatic nitrogens is 1. The summed E-state index contributed by atoms with van der Waals surface area (Å²) in [4.78, 5) is 24.8. The lowest BCUT2D eigenvalue weighted by Crippen LogP contribution is -2.12. The molecule has 0 spiro atoms. The Morgan fingerprint density at radius 3 is 2.32 bits per heavy atom. The highest BCUT2D eigenvalue weighted by atomic mass is 35.5. The van der Waals surface area contributed by atoms with E-state index in [1.54, 1.807) is 19.9 Å². The minimum atomic E-state index is -0.481. The van der Waals surface area contributed by atoms with Crippen LogP contribution >= 0.6 is 11.6 Å². The Bertz CT molecular complexity index is 1410. The van der Waals surface area contributed by atoms with Crippen LogP contribution in [0.5, 0.6) is 0 Å². The number of ether oxygens (including phenoxy) is 2. The van der Waals surface area contributed by atoms with E-state index in [1.807, 2.05) is 73.7 Å². The molecule has 1 heterocycles. The number of hydrogen-bond acceptors (Lipinski definition) is 6. The van der Waals surface area contributed by atoms with E-state index in [4.69, 9.17) is 25.6 Å². The molecule has 196 valence electrons. The van der Waals surface area contributed by atoms with Crippen LogP contribution in [0.15, 0.2) is 77.3 Å². The topological polar surface area (TPSA) is 78.6 Å². The standard InChI is InChI=1S/C31H30ClNO5/c1-4-36-29(34)18-25-10-6-5-9-24(25)17-22-13-15-23(16-14-22)31-27(20(2)33-38-31)19-30(35)37-21(3)26-11-7-8-12-28(26)32/h5-16,21H,4,17-19H2,1-3H3. The van der Waals surface area contributed by atoms with Crippen LogP contribution in [-0.4, -0.2) is 23.7 Å². The molecule has 7 heteroatoms. The van der Waals surface area contributed by atoms with Crippen LogP contribution in [0.2, 0.25) is 5.02 Å². The van der Waals surface area contributed by atoms with Crippen molar-refractivity contribution in [2.24, 2.45) is 0 Å². The molecule has 0 radical (unpaired) electrons. The largest absolute Gasteiger partial charge is 0.466 e. The van der Waals surface area contributed by atoms with Gasteiger partial charge in [-0.05, 0) is 49.9 Å². The maximum absolute atomic E-state index is 12.8. The molecule has 0 N–H and O–H groups in total. The van der Waals surface area contributed by atoms with Crippen LogP contribution in [-0.2, 0) is 38.3 Å². The lowest BCUT2D eigenvalue weighted by atomic mass is 9.96. The number of carbonyl (C=O) groups excluding carboxylic acids is 2. The van der Waals surface area contributed by atoms with Crippen LogP contribution < -0.4 is 0 Å². The molecule has 0 aliphatic carbocycles. The fourth-order valence-corrected chi connectivity index (χ4v) is 4.63. The van der Waals surface area contributed by atoms with Crippen LogP contribution in [0.4, 0.5) is 0 Å². The predicted molar refractivity (Wildman–Crippen MR) is 146 cm³/mol. The van der Waals surface area contributed by atoms with Crippen LogP contribution in [0.1, 0.15) is 53.5 Å². The highest BCUT2D eigenvalue weighted by Crippen LogP contribution is 2.30. The van der Waals surface area contributed by atoms with Gasteiger partial charge >= 0.3 is 11.9 Å². The Balaban J connectivity index is 1.46. The molecule has 1 aromatic heterocycles.